The molecule has 0 aliphatic carbocycles. The van der Waals surface area contributed by atoms with E-state index in [-0.39, 0.29) is 12.5 Å². The minimum absolute atomic E-state index is 0.164. The van der Waals surface area contributed by atoms with Crippen LogP contribution in [0.2, 0.25) is 0 Å². The van der Waals surface area contributed by atoms with Crippen molar-refractivity contribution in [2.45, 2.75) is 13.8 Å². The summed E-state index contributed by atoms with van der Waals surface area (Å²) in [5.41, 5.74) is 2.70. The molecule has 0 saturated carbocycles. The van der Waals surface area contributed by atoms with E-state index < -0.39 is 5.97 Å². The maximum Gasteiger partial charge on any atom is 0.344 e. The van der Waals surface area contributed by atoms with Gasteiger partial charge in [-0.2, -0.15) is 10.1 Å². The van der Waals surface area contributed by atoms with Gasteiger partial charge in [0.05, 0.1) is 28.1 Å². The average molecular weight is 443 g/mol. The highest BCUT2D eigenvalue weighted by molar-refractivity contribution is 9.10. The Labute approximate surface area is 171 Å². The number of hydrogen-bond acceptors (Lipinski definition) is 5. The number of halogens is 1. The number of para-hydroxylation sites is 1. The smallest absolute Gasteiger partial charge is 0.344 e. The van der Waals surface area contributed by atoms with Crippen LogP contribution in [0.25, 0.3) is 6.08 Å². The Hall–Kier alpha value is -2.93. The molecule has 3 rings (SSSR count). The summed E-state index contributed by atoms with van der Waals surface area (Å²) >= 11 is 3.43. The number of esters is 1. The first-order valence-corrected chi connectivity index (χ1v) is 9.53. The monoisotopic (exact) mass is 442 g/mol. The third-order valence-electron chi connectivity index (χ3n) is 3.98. The maximum absolute atomic E-state index is 12.8. The third kappa shape index (κ3) is 4.48. The first-order chi connectivity index (χ1) is 13.5. The summed E-state index contributed by atoms with van der Waals surface area (Å²) in [5.74, 6) is -0.0864. The van der Waals surface area contributed by atoms with Crippen LogP contribution < -0.4 is 9.75 Å². The maximum atomic E-state index is 12.8. The summed E-state index contributed by atoms with van der Waals surface area (Å²) in [6, 6.07) is 14.6. The van der Waals surface area contributed by atoms with E-state index in [2.05, 4.69) is 21.0 Å². The van der Waals surface area contributed by atoms with Gasteiger partial charge in [-0.3, -0.25) is 4.79 Å². The van der Waals surface area contributed by atoms with E-state index in [0.717, 1.165) is 11.3 Å². The van der Waals surface area contributed by atoms with Crippen molar-refractivity contribution in [3.05, 3.63) is 64.1 Å². The Morgan fingerprint density at radius 2 is 1.96 bits per heavy atom. The first kappa shape index (κ1) is 19.8. The van der Waals surface area contributed by atoms with E-state index in [1.54, 1.807) is 26.0 Å². The molecule has 0 radical (unpaired) electrons. The number of carbonyl (C=O) groups is 2. The van der Waals surface area contributed by atoms with Crippen LogP contribution in [-0.2, 0) is 14.3 Å². The van der Waals surface area contributed by atoms with Gasteiger partial charge in [0.1, 0.15) is 5.75 Å². The Kier molecular flexibility index (Phi) is 6.26. The van der Waals surface area contributed by atoms with Crippen LogP contribution in [0.3, 0.4) is 0 Å². The van der Waals surface area contributed by atoms with Crippen molar-refractivity contribution < 1.29 is 19.1 Å². The first-order valence-electron chi connectivity index (χ1n) is 8.74. The highest BCUT2D eigenvalue weighted by Crippen LogP contribution is 2.29. The van der Waals surface area contributed by atoms with Crippen molar-refractivity contribution in [1.82, 2.24) is 0 Å². The number of amides is 1. The zero-order valence-corrected chi connectivity index (χ0v) is 17.1. The number of rotatable bonds is 6. The van der Waals surface area contributed by atoms with E-state index in [1.165, 1.54) is 5.01 Å². The van der Waals surface area contributed by atoms with E-state index in [0.29, 0.717) is 28.1 Å². The van der Waals surface area contributed by atoms with Crippen LogP contribution in [0.15, 0.2) is 63.7 Å². The van der Waals surface area contributed by atoms with Gasteiger partial charge in [0.15, 0.2) is 6.61 Å². The van der Waals surface area contributed by atoms with E-state index in [4.69, 9.17) is 9.47 Å². The fraction of sp³-hybridized carbons (Fsp3) is 0.190. The van der Waals surface area contributed by atoms with Crippen molar-refractivity contribution in [1.29, 1.82) is 0 Å². The van der Waals surface area contributed by atoms with Gasteiger partial charge in [-0.25, -0.2) is 4.79 Å². The highest BCUT2D eigenvalue weighted by atomic mass is 79.9. The number of ether oxygens (including phenoxy) is 2. The molecule has 0 spiro atoms. The molecule has 0 saturated heterocycles. The quantitative estimate of drug-likeness (QED) is 0.496. The van der Waals surface area contributed by atoms with Crippen molar-refractivity contribution >= 4 is 45.3 Å². The molecule has 0 aromatic heterocycles. The molecule has 0 atom stereocenters. The van der Waals surface area contributed by atoms with Gasteiger partial charge in [-0.15, -0.1) is 0 Å². The lowest BCUT2D eigenvalue weighted by Crippen LogP contribution is -2.21. The summed E-state index contributed by atoms with van der Waals surface area (Å²) in [4.78, 5) is 24.2. The number of hydrazone groups is 1. The summed E-state index contributed by atoms with van der Waals surface area (Å²) in [6.07, 6.45) is 1.78. The summed E-state index contributed by atoms with van der Waals surface area (Å²) < 4.78 is 11.0. The van der Waals surface area contributed by atoms with E-state index in [1.807, 2.05) is 42.5 Å². The Balaban J connectivity index is 1.76. The minimum Gasteiger partial charge on any atom is -0.481 e. The van der Waals surface area contributed by atoms with Crippen LogP contribution in [-0.4, -0.2) is 30.8 Å². The second-order valence-corrected chi connectivity index (χ2v) is 6.83. The average Bonchev–Trinajstić information content (AvgIpc) is 2.96. The summed E-state index contributed by atoms with van der Waals surface area (Å²) in [6.45, 7) is 3.69. The molecule has 1 amide bonds. The van der Waals surface area contributed by atoms with Gasteiger partial charge >= 0.3 is 5.97 Å². The molecule has 2 aromatic carbocycles. The molecular weight excluding hydrogens is 424 g/mol. The SMILES string of the molecule is CCOC(=O)COc1ccc(/C=C2/C(=O)N(c3ccccc3)N=C2C)cc1Br. The second-order valence-electron chi connectivity index (χ2n) is 5.98. The van der Waals surface area contributed by atoms with Gasteiger partial charge < -0.3 is 9.47 Å². The Bertz CT molecular complexity index is 954. The molecule has 7 heteroatoms. The lowest BCUT2D eigenvalue weighted by Gasteiger charge is -2.11. The standard InChI is InChI=1S/C21H19BrN2O4/c1-3-27-20(25)13-28-19-10-9-15(12-18(19)22)11-17-14(2)23-24(21(17)26)16-7-5-4-6-8-16/h4-12H,3,13H2,1-2H3/b17-11+. The van der Waals surface area contributed by atoms with Gasteiger partial charge in [0.2, 0.25) is 0 Å². The molecule has 1 aliphatic rings. The van der Waals surface area contributed by atoms with Crippen LogP contribution in [0.5, 0.6) is 5.75 Å². The molecule has 0 fully saturated rings. The van der Waals surface area contributed by atoms with Gasteiger partial charge in [-0.1, -0.05) is 24.3 Å². The van der Waals surface area contributed by atoms with Crippen molar-refractivity contribution in [2.24, 2.45) is 5.10 Å². The second kappa shape index (κ2) is 8.84. The Morgan fingerprint density at radius 3 is 2.64 bits per heavy atom. The fourth-order valence-electron chi connectivity index (χ4n) is 2.66. The third-order valence-corrected chi connectivity index (χ3v) is 4.60. The molecule has 144 valence electrons. The molecule has 0 unspecified atom stereocenters. The summed E-state index contributed by atoms with van der Waals surface area (Å²) in [5, 5.41) is 5.76. The molecule has 1 heterocycles. The molecule has 0 N–H and O–H groups in total. The van der Waals surface area contributed by atoms with Crippen molar-refractivity contribution in [3.63, 3.8) is 0 Å². The number of anilines is 1. The van der Waals surface area contributed by atoms with Gasteiger partial charge in [-0.05, 0) is 65.7 Å². The molecule has 28 heavy (non-hydrogen) atoms. The van der Waals surface area contributed by atoms with Crippen molar-refractivity contribution in [2.75, 3.05) is 18.2 Å². The lowest BCUT2D eigenvalue weighted by molar-refractivity contribution is -0.145. The zero-order chi connectivity index (χ0) is 20.1. The van der Waals surface area contributed by atoms with E-state index >= 15 is 0 Å². The minimum atomic E-state index is -0.426. The molecule has 0 bridgehead atoms. The predicted molar refractivity (Wildman–Crippen MR) is 111 cm³/mol. The van der Waals surface area contributed by atoms with Crippen LogP contribution in [0.4, 0.5) is 5.69 Å². The fourth-order valence-corrected chi connectivity index (χ4v) is 3.17. The van der Waals surface area contributed by atoms with Gasteiger partial charge in [0, 0.05) is 0 Å². The number of carbonyl (C=O) groups excluding carboxylic acids is 2. The van der Waals surface area contributed by atoms with Crippen LogP contribution in [0.1, 0.15) is 19.4 Å². The molecule has 1 aliphatic heterocycles. The van der Waals surface area contributed by atoms with Crippen molar-refractivity contribution in [3.8, 4) is 5.75 Å². The Morgan fingerprint density at radius 1 is 1.21 bits per heavy atom. The van der Waals surface area contributed by atoms with Gasteiger partial charge in [0.25, 0.3) is 5.91 Å². The van der Waals surface area contributed by atoms with Crippen LogP contribution >= 0.6 is 15.9 Å². The molecule has 2 aromatic rings. The largest absolute Gasteiger partial charge is 0.481 e. The number of hydrogen-bond donors (Lipinski definition) is 0. The molecule has 6 nitrogen and oxygen atoms in total. The van der Waals surface area contributed by atoms with Crippen LogP contribution in [0, 0.1) is 0 Å². The summed E-state index contributed by atoms with van der Waals surface area (Å²) in [7, 11) is 0. The zero-order valence-electron chi connectivity index (χ0n) is 15.5. The predicted octanol–water partition coefficient (Wildman–Crippen LogP) is 4.20. The normalized spacial score (nSPS) is 15.0. The topological polar surface area (TPSA) is 68.2 Å². The number of benzene rings is 2. The number of nitrogens with zero attached hydrogens (tertiary/aromatic N) is 2. The lowest BCUT2D eigenvalue weighted by atomic mass is 10.1. The van der Waals surface area contributed by atoms with E-state index in [9.17, 15) is 9.59 Å². The molecular formula is C21H19BrN2O4. The highest BCUT2D eigenvalue weighted by Gasteiger charge is 2.28.